The molecular formula is C11H15Cl2N. The predicted octanol–water partition coefficient (Wildman–Crippen LogP) is 4.05. The van der Waals surface area contributed by atoms with Gasteiger partial charge < -0.3 is 5.32 Å². The fraction of sp³-hybridized carbons (Fsp3) is 0.455. The topological polar surface area (TPSA) is 12.0 Å². The Kier molecular flexibility index (Phi) is 4.73. The van der Waals surface area contributed by atoms with Gasteiger partial charge in [-0.15, -0.1) is 0 Å². The number of halogens is 2. The highest BCUT2D eigenvalue weighted by Crippen LogP contribution is 2.25. The van der Waals surface area contributed by atoms with Crippen molar-refractivity contribution in [3.63, 3.8) is 0 Å². The number of hydrogen-bond acceptors (Lipinski definition) is 1. The Hall–Kier alpha value is -0.240. The first-order valence-corrected chi connectivity index (χ1v) is 5.59. The van der Waals surface area contributed by atoms with E-state index < -0.39 is 0 Å². The van der Waals surface area contributed by atoms with Gasteiger partial charge in [0.25, 0.3) is 0 Å². The summed E-state index contributed by atoms with van der Waals surface area (Å²) >= 11 is 11.8. The van der Waals surface area contributed by atoms with Crippen LogP contribution in [0.1, 0.15) is 31.9 Å². The summed E-state index contributed by atoms with van der Waals surface area (Å²) in [5.41, 5.74) is 1.17. The van der Waals surface area contributed by atoms with Crippen molar-refractivity contribution in [2.24, 2.45) is 0 Å². The largest absolute Gasteiger partial charge is 0.310 e. The molecule has 1 rings (SSSR count). The highest BCUT2D eigenvalue weighted by atomic mass is 35.5. The fourth-order valence-electron chi connectivity index (χ4n) is 1.26. The molecule has 0 aliphatic heterocycles. The van der Waals surface area contributed by atoms with E-state index in [0.29, 0.717) is 16.1 Å². The van der Waals surface area contributed by atoms with Gasteiger partial charge in [-0.05, 0) is 37.6 Å². The Morgan fingerprint density at radius 3 is 2.57 bits per heavy atom. The summed E-state index contributed by atoms with van der Waals surface area (Å²) in [7, 11) is 0. The van der Waals surface area contributed by atoms with Crippen molar-refractivity contribution in [3.8, 4) is 0 Å². The van der Waals surface area contributed by atoms with Crippen molar-refractivity contribution in [2.75, 3.05) is 6.54 Å². The van der Waals surface area contributed by atoms with Gasteiger partial charge in [-0.2, -0.15) is 0 Å². The number of hydrogen-bond donors (Lipinski definition) is 1. The van der Waals surface area contributed by atoms with E-state index in [1.165, 1.54) is 5.56 Å². The molecule has 0 aromatic heterocycles. The third kappa shape index (κ3) is 3.16. The minimum Gasteiger partial charge on any atom is -0.310 e. The predicted molar refractivity (Wildman–Crippen MR) is 63.2 cm³/mol. The third-order valence-electron chi connectivity index (χ3n) is 2.14. The average Bonchev–Trinajstić information content (AvgIpc) is 2.18. The molecule has 78 valence electrons. The van der Waals surface area contributed by atoms with Crippen LogP contribution < -0.4 is 5.32 Å². The first-order chi connectivity index (χ1) is 6.65. The van der Waals surface area contributed by atoms with Crippen molar-refractivity contribution in [1.29, 1.82) is 0 Å². The normalized spacial score (nSPS) is 12.9. The third-order valence-corrected chi connectivity index (χ3v) is 2.88. The van der Waals surface area contributed by atoms with Gasteiger partial charge in [0.2, 0.25) is 0 Å². The molecule has 0 heterocycles. The van der Waals surface area contributed by atoms with Gasteiger partial charge in [-0.25, -0.2) is 0 Å². The molecule has 0 radical (unpaired) electrons. The molecule has 1 nitrogen and oxygen atoms in total. The van der Waals surface area contributed by atoms with E-state index in [0.717, 1.165) is 13.0 Å². The molecule has 1 atom stereocenters. The smallest absolute Gasteiger partial charge is 0.0595 e. The van der Waals surface area contributed by atoms with Crippen LogP contribution in [-0.2, 0) is 0 Å². The molecule has 0 aliphatic rings. The lowest BCUT2D eigenvalue weighted by molar-refractivity contribution is 0.571. The quantitative estimate of drug-likeness (QED) is 0.825. The summed E-state index contributed by atoms with van der Waals surface area (Å²) in [5.74, 6) is 0. The van der Waals surface area contributed by atoms with Crippen molar-refractivity contribution in [2.45, 2.75) is 26.3 Å². The number of rotatable bonds is 4. The minimum absolute atomic E-state index is 0.324. The monoisotopic (exact) mass is 231 g/mol. The molecule has 3 heteroatoms. The molecule has 1 N–H and O–H groups in total. The van der Waals surface area contributed by atoms with E-state index in [-0.39, 0.29) is 0 Å². The lowest BCUT2D eigenvalue weighted by Crippen LogP contribution is -2.19. The highest BCUT2D eigenvalue weighted by Gasteiger charge is 2.05. The van der Waals surface area contributed by atoms with Crippen LogP contribution in [0.5, 0.6) is 0 Å². The summed E-state index contributed by atoms with van der Waals surface area (Å²) in [4.78, 5) is 0. The van der Waals surface area contributed by atoms with Crippen molar-refractivity contribution in [1.82, 2.24) is 5.32 Å². The fourth-order valence-corrected chi connectivity index (χ4v) is 1.57. The summed E-state index contributed by atoms with van der Waals surface area (Å²) < 4.78 is 0. The highest BCUT2D eigenvalue weighted by molar-refractivity contribution is 6.42. The summed E-state index contributed by atoms with van der Waals surface area (Å²) in [6.07, 6.45) is 1.13. The van der Waals surface area contributed by atoms with Gasteiger partial charge >= 0.3 is 0 Å². The van der Waals surface area contributed by atoms with E-state index >= 15 is 0 Å². The van der Waals surface area contributed by atoms with Crippen LogP contribution >= 0.6 is 23.2 Å². The first kappa shape index (κ1) is 11.8. The molecule has 0 bridgehead atoms. The molecule has 0 amide bonds. The van der Waals surface area contributed by atoms with Gasteiger partial charge in [0, 0.05) is 6.04 Å². The van der Waals surface area contributed by atoms with Crippen LogP contribution in [0.15, 0.2) is 18.2 Å². The van der Waals surface area contributed by atoms with Crippen LogP contribution in [0.4, 0.5) is 0 Å². The maximum Gasteiger partial charge on any atom is 0.0595 e. The summed E-state index contributed by atoms with van der Waals surface area (Å²) in [5, 5.41) is 4.62. The zero-order chi connectivity index (χ0) is 10.6. The number of nitrogens with one attached hydrogen (secondary N) is 1. The van der Waals surface area contributed by atoms with Crippen molar-refractivity contribution < 1.29 is 0 Å². The summed E-state index contributed by atoms with van der Waals surface area (Å²) in [6.45, 7) is 5.28. The second kappa shape index (κ2) is 5.59. The molecule has 0 aliphatic carbocycles. The SMILES string of the molecule is CCCN[C@H](C)c1ccc(Cl)c(Cl)c1. The lowest BCUT2D eigenvalue weighted by atomic mass is 10.1. The Morgan fingerprint density at radius 2 is 2.00 bits per heavy atom. The van der Waals surface area contributed by atoms with Gasteiger partial charge in [0.05, 0.1) is 10.0 Å². The van der Waals surface area contributed by atoms with Gasteiger partial charge in [0.15, 0.2) is 0 Å². The standard InChI is InChI=1S/C11H15Cl2N/c1-3-6-14-8(2)9-4-5-10(12)11(13)7-9/h4-5,7-8,14H,3,6H2,1-2H3/t8-/m1/s1. The Balaban J connectivity index is 2.70. The molecule has 0 unspecified atom stereocenters. The van der Waals surface area contributed by atoms with Crippen molar-refractivity contribution in [3.05, 3.63) is 33.8 Å². The lowest BCUT2D eigenvalue weighted by Gasteiger charge is -2.14. The second-order valence-corrected chi connectivity index (χ2v) is 4.16. The van der Waals surface area contributed by atoms with Crippen molar-refractivity contribution >= 4 is 23.2 Å². The zero-order valence-corrected chi connectivity index (χ0v) is 9.99. The van der Waals surface area contributed by atoms with Crippen LogP contribution in [0.3, 0.4) is 0 Å². The van der Waals surface area contributed by atoms with E-state index in [9.17, 15) is 0 Å². The molecule has 0 saturated carbocycles. The Bertz CT molecular complexity index is 299. The van der Waals surface area contributed by atoms with Gasteiger partial charge in [-0.3, -0.25) is 0 Å². The Morgan fingerprint density at radius 1 is 1.29 bits per heavy atom. The molecule has 14 heavy (non-hydrogen) atoms. The average molecular weight is 232 g/mol. The molecule has 0 saturated heterocycles. The van der Waals surface area contributed by atoms with E-state index in [4.69, 9.17) is 23.2 Å². The molecule has 0 spiro atoms. The molecule has 1 aromatic rings. The maximum atomic E-state index is 5.93. The zero-order valence-electron chi connectivity index (χ0n) is 8.48. The van der Waals surface area contributed by atoms with Crippen LogP contribution in [0, 0.1) is 0 Å². The second-order valence-electron chi connectivity index (χ2n) is 3.35. The molecule has 0 fully saturated rings. The van der Waals surface area contributed by atoms with Crippen LogP contribution in [0.2, 0.25) is 10.0 Å². The van der Waals surface area contributed by atoms with E-state index in [1.54, 1.807) is 0 Å². The molecular weight excluding hydrogens is 217 g/mol. The first-order valence-electron chi connectivity index (χ1n) is 4.83. The summed E-state index contributed by atoms with van der Waals surface area (Å²) in [6, 6.07) is 6.08. The van der Waals surface area contributed by atoms with Crippen LogP contribution in [-0.4, -0.2) is 6.54 Å². The number of benzene rings is 1. The van der Waals surface area contributed by atoms with E-state index in [1.807, 2.05) is 18.2 Å². The Labute approximate surface area is 95.4 Å². The van der Waals surface area contributed by atoms with E-state index in [2.05, 4.69) is 19.2 Å². The van der Waals surface area contributed by atoms with Gasteiger partial charge in [0.1, 0.15) is 0 Å². The maximum absolute atomic E-state index is 5.93. The minimum atomic E-state index is 0.324. The van der Waals surface area contributed by atoms with Gasteiger partial charge in [-0.1, -0.05) is 36.2 Å². The molecule has 1 aromatic carbocycles. The van der Waals surface area contributed by atoms with Crippen LogP contribution in [0.25, 0.3) is 0 Å².